The number of allylic oxidation sites excluding steroid dienone is 6. The smallest absolute Gasteiger partial charge is 0.306 e. The lowest BCUT2D eigenvalue weighted by Gasteiger charge is -2.40. The number of carbonyl (C=O) groups excluding carboxylic acids is 2. The van der Waals surface area contributed by atoms with E-state index in [0.29, 0.717) is 12.8 Å². The molecule has 1 fully saturated rings. The van der Waals surface area contributed by atoms with Crippen LogP contribution in [0.15, 0.2) is 36.5 Å². The van der Waals surface area contributed by atoms with Gasteiger partial charge in [0.15, 0.2) is 12.4 Å². The summed E-state index contributed by atoms with van der Waals surface area (Å²) in [6.45, 7) is 5.38. The van der Waals surface area contributed by atoms with Crippen molar-refractivity contribution in [1.29, 1.82) is 0 Å². The van der Waals surface area contributed by atoms with E-state index >= 15 is 0 Å². The van der Waals surface area contributed by atoms with Crippen LogP contribution in [-0.2, 0) is 28.5 Å². The highest BCUT2D eigenvalue weighted by Crippen LogP contribution is 2.27. The number of aliphatic hydroxyl groups excluding tert-OH is 3. The second kappa shape index (κ2) is 34.5. The fraction of sp³-hybridized carbons (Fsp3) is 0.818. The number of hydrogen-bond acceptors (Lipinski definition) is 9. The molecule has 1 rings (SSSR count). The Morgan fingerprint density at radius 3 is 1.66 bits per heavy atom. The van der Waals surface area contributed by atoms with Gasteiger partial charge in [-0.1, -0.05) is 128 Å². The largest absolute Gasteiger partial charge is 0.462 e. The molecular weight excluding hydrogens is 672 g/mol. The van der Waals surface area contributed by atoms with Crippen LogP contribution in [0.25, 0.3) is 0 Å². The summed E-state index contributed by atoms with van der Waals surface area (Å²) in [6.07, 6.45) is 33.6. The Balaban J connectivity index is 2.38. The van der Waals surface area contributed by atoms with Gasteiger partial charge in [-0.15, -0.1) is 0 Å². The van der Waals surface area contributed by atoms with E-state index < -0.39 is 43.2 Å². The molecule has 308 valence electrons. The van der Waals surface area contributed by atoms with E-state index in [0.717, 1.165) is 77.0 Å². The van der Waals surface area contributed by atoms with Gasteiger partial charge in [-0.3, -0.25) is 9.59 Å². The maximum atomic E-state index is 12.8. The third kappa shape index (κ3) is 26.4. The summed E-state index contributed by atoms with van der Waals surface area (Å²) in [7, 11) is 0. The van der Waals surface area contributed by atoms with Crippen molar-refractivity contribution in [2.24, 2.45) is 5.92 Å². The molecule has 6 unspecified atom stereocenters. The van der Waals surface area contributed by atoms with Crippen molar-refractivity contribution < 1.29 is 43.9 Å². The van der Waals surface area contributed by atoms with E-state index in [-0.39, 0.29) is 31.6 Å². The molecule has 9 heteroatoms. The average molecular weight is 751 g/mol. The first-order chi connectivity index (χ1) is 25.8. The summed E-state index contributed by atoms with van der Waals surface area (Å²) in [6, 6.07) is 0. The minimum Gasteiger partial charge on any atom is -0.462 e. The molecule has 3 N–H and O–H groups in total. The zero-order valence-electron chi connectivity index (χ0n) is 33.8. The second-order valence-corrected chi connectivity index (χ2v) is 14.8. The minimum atomic E-state index is -1.24. The van der Waals surface area contributed by atoms with Crippen LogP contribution in [0, 0.1) is 5.92 Å². The molecule has 9 nitrogen and oxygen atoms in total. The molecule has 0 aromatic carbocycles. The molecule has 1 saturated heterocycles. The highest BCUT2D eigenvalue weighted by molar-refractivity contribution is 5.70. The van der Waals surface area contributed by atoms with Crippen molar-refractivity contribution in [2.45, 2.75) is 206 Å². The van der Waals surface area contributed by atoms with Crippen LogP contribution in [0.2, 0.25) is 0 Å². The van der Waals surface area contributed by atoms with Crippen LogP contribution in [-0.4, -0.2) is 77.8 Å². The van der Waals surface area contributed by atoms with Crippen LogP contribution in [0.5, 0.6) is 0 Å². The van der Waals surface area contributed by atoms with Crippen LogP contribution in [0.1, 0.15) is 175 Å². The maximum Gasteiger partial charge on any atom is 0.306 e. The molecule has 6 atom stereocenters. The third-order valence-corrected chi connectivity index (χ3v) is 9.84. The zero-order chi connectivity index (χ0) is 38.8. The zero-order valence-corrected chi connectivity index (χ0v) is 33.8. The molecule has 0 aromatic rings. The SMILES string of the molecule is CCCCC/C=C\C/C=C\CCCCCCCC(=O)OC(COC(=O)CCCCCCC/C=C\CCCCCC)COC1OC(CO)C(O)C(O)C1C. The van der Waals surface area contributed by atoms with Gasteiger partial charge in [-0.2, -0.15) is 0 Å². The average Bonchev–Trinajstić information content (AvgIpc) is 3.15. The highest BCUT2D eigenvalue weighted by atomic mass is 16.7. The maximum absolute atomic E-state index is 12.8. The van der Waals surface area contributed by atoms with Gasteiger partial charge in [0.05, 0.1) is 19.3 Å². The lowest BCUT2D eigenvalue weighted by Crippen LogP contribution is -2.55. The predicted octanol–water partition coefficient (Wildman–Crippen LogP) is 9.60. The highest BCUT2D eigenvalue weighted by Gasteiger charge is 2.42. The van der Waals surface area contributed by atoms with Crippen LogP contribution < -0.4 is 0 Å². The molecule has 0 spiro atoms. The molecule has 1 heterocycles. The summed E-state index contributed by atoms with van der Waals surface area (Å²) in [5.74, 6) is -1.31. The number of hydrogen-bond donors (Lipinski definition) is 3. The molecule has 0 saturated carbocycles. The predicted molar refractivity (Wildman–Crippen MR) is 213 cm³/mol. The molecule has 1 aliphatic rings. The fourth-order valence-corrected chi connectivity index (χ4v) is 6.30. The van der Waals surface area contributed by atoms with Gasteiger partial charge in [0.1, 0.15) is 18.8 Å². The lowest BCUT2D eigenvalue weighted by molar-refractivity contribution is -0.287. The standard InChI is InChI=1S/C44H78O9/c1-4-6-8-10-12-14-16-18-19-21-23-25-27-29-31-33-41(47)52-38(36-51-44-37(3)42(48)43(49)39(34-45)53-44)35-50-40(46)32-30-28-26-24-22-20-17-15-13-11-9-7-5-2/h12,14-15,17-19,37-39,42-45,48-49H,4-11,13,16,20-36H2,1-3H3/b14-12-,17-15-,19-18-. The summed E-state index contributed by atoms with van der Waals surface area (Å²) in [5.41, 5.74) is 0. The second-order valence-electron chi connectivity index (χ2n) is 14.8. The Morgan fingerprint density at radius 1 is 0.623 bits per heavy atom. The molecule has 53 heavy (non-hydrogen) atoms. The topological polar surface area (TPSA) is 132 Å². The van der Waals surface area contributed by atoms with Gasteiger partial charge in [0, 0.05) is 18.8 Å². The van der Waals surface area contributed by atoms with Crippen LogP contribution in [0.4, 0.5) is 0 Å². The summed E-state index contributed by atoms with van der Waals surface area (Å²) >= 11 is 0. The van der Waals surface area contributed by atoms with E-state index in [1.54, 1.807) is 6.92 Å². The van der Waals surface area contributed by atoms with Crippen LogP contribution >= 0.6 is 0 Å². The van der Waals surface area contributed by atoms with Crippen molar-refractivity contribution in [2.75, 3.05) is 19.8 Å². The molecule has 0 radical (unpaired) electrons. The molecular formula is C44H78O9. The molecule has 0 aliphatic carbocycles. The van der Waals surface area contributed by atoms with E-state index in [1.807, 2.05) is 0 Å². The molecule has 0 bridgehead atoms. The van der Waals surface area contributed by atoms with Gasteiger partial charge >= 0.3 is 11.9 Å². The first-order valence-corrected chi connectivity index (χ1v) is 21.4. The van der Waals surface area contributed by atoms with Crippen molar-refractivity contribution in [3.63, 3.8) is 0 Å². The Bertz CT molecular complexity index is 963. The molecule has 0 amide bonds. The molecule has 0 aromatic heterocycles. The number of ether oxygens (including phenoxy) is 4. The van der Waals surface area contributed by atoms with Crippen molar-refractivity contribution >= 4 is 11.9 Å². The monoisotopic (exact) mass is 751 g/mol. The number of aliphatic hydroxyl groups is 3. The first-order valence-electron chi connectivity index (χ1n) is 21.4. The first kappa shape index (κ1) is 49.0. The van der Waals surface area contributed by atoms with E-state index in [9.17, 15) is 24.9 Å². The summed E-state index contributed by atoms with van der Waals surface area (Å²) < 4.78 is 22.7. The number of unbranched alkanes of at least 4 members (excludes halogenated alkanes) is 17. The summed E-state index contributed by atoms with van der Waals surface area (Å²) in [5, 5.41) is 30.1. The number of carbonyl (C=O) groups is 2. The third-order valence-electron chi connectivity index (χ3n) is 9.84. The van der Waals surface area contributed by atoms with Crippen molar-refractivity contribution in [3.8, 4) is 0 Å². The van der Waals surface area contributed by atoms with Gasteiger partial charge in [0.2, 0.25) is 0 Å². The van der Waals surface area contributed by atoms with E-state index in [4.69, 9.17) is 18.9 Å². The van der Waals surface area contributed by atoms with E-state index in [1.165, 1.54) is 57.8 Å². The van der Waals surface area contributed by atoms with Crippen molar-refractivity contribution in [3.05, 3.63) is 36.5 Å². The van der Waals surface area contributed by atoms with Gasteiger partial charge in [-0.05, 0) is 70.6 Å². The normalized spacial score (nSPS) is 21.2. The van der Waals surface area contributed by atoms with Crippen molar-refractivity contribution in [1.82, 2.24) is 0 Å². The Kier molecular flexibility index (Phi) is 31.8. The Labute approximate surface area is 323 Å². The van der Waals surface area contributed by atoms with Gasteiger partial charge < -0.3 is 34.3 Å². The number of rotatable bonds is 34. The fourth-order valence-electron chi connectivity index (χ4n) is 6.30. The van der Waals surface area contributed by atoms with Gasteiger partial charge in [0.25, 0.3) is 0 Å². The molecule has 1 aliphatic heterocycles. The van der Waals surface area contributed by atoms with E-state index in [2.05, 4.69) is 50.3 Å². The lowest BCUT2D eigenvalue weighted by atomic mass is 9.92. The minimum absolute atomic E-state index is 0.121. The Morgan fingerprint density at radius 2 is 1.09 bits per heavy atom. The summed E-state index contributed by atoms with van der Waals surface area (Å²) in [4.78, 5) is 25.3. The Hall–Kier alpha value is -2.04. The number of esters is 2. The van der Waals surface area contributed by atoms with Crippen LogP contribution in [0.3, 0.4) is 0 Å². The quantitative estimate of drug-likeness (QED) is 0.0334. The van der Waals surface area contributed by atoms with Gasteiger partial charge in [-0.25, -0.2) is 0 Å².